The lowest BCUT2D eigenvalue weighted by atomic mass is 10.3. The molecule has 0 bridgehead atoms. The SMILES string of the molecule is CC(O)c1coc(-c2ccc(Br)o2)n1. The highest BCUT2D eigenvalue weighted by atomic mass is 79.9. The van der Waals surface area contributed by atoms with Crippen LogP contribution in [0.5, 0.6) is 0 Å². The molecule has 0 aromatic carbocycles. The van der Waals surface area contributed by atoms with E-state index in [9.17, 15) is 5.11 Å². The zero-order valence-electron chi connectivity index (χ0n) is 7.40. The lowest BCUT2D eigenvalue weighted by Crippen LogP contribution is -1.89. The van der Waals surface area contributed by atoms with Crippen LogP contribution in [0.2, 0.25) is 0 Å². The Morgan fingerprint density at radius 1 is 1.50 bits per heavy atom. The maximum atomic E-state index is 9.23. The van der Waals surface area contributed by atoms with Crippen molar-refractivity contribution in [3.8, 4) is 11.7 Å². The van der Waals surface area contributed by atoms with Gasteiger partial charge in [-0.05, 0) is 35.0 Å². The van der Waals surface area contributed by atoms with Crippen molar-refractivity contribution in [1.82, 2.24) is 4.98 Å². The van der Waals surface area contributed by atoms with Gasteiger partial charge in [0.2, 0.25) is 0 Å². The lowest BCUT2D eigenvalue weighted by molar-refractivity contribution is 0.194. The maximum Gasteiger partial charge on any atom is 0.263 e. The predicted molar refractivity (Wildman–Crippen MR) is 52.5 cm³/mol. The molecular formula is C9H8BrNO3. The summed E-state index contributed by atoms with van der Waals surface area (Å²) in [6.07, 6.45) is 0.780. The minimum Gasteiger partial charge on any atom is -0.444 e. The highest BCUT2D eigenvalue weighted by molar-refractivity contribution is 9.10. The van der Waals surface area contributed by atoms with Crippen molar-refractivity contribution < 1.29 is 13.9 Å². The smallest absolute Gasteiger partial charge is 0.263 e. The summed E-state index contributed by atoms with van der Waals surface area (Å²) in [5.74, 6) is 0.898. The molecule has 2 aromatic rings. The molecule has 0 aliphatic carbocycles. The summed E-state index contributed by atoms with van der Waals surface area (Å²) < 4.78 is 11.0. The zero-order valence-corrected chi connectivity index (χ0v) is 8.98. The van der Waals surface area contributed by atoms with Gasteiger partial charge in [-0.1, -0.05) is 0 Å². The molecule has 1 N–H and O–H groups in total. The van der Waals surface area contributed by atoms with Crippen molar-refractivity contribution in [2.45, 2.75) is 13.0 Å². The molecule has 0 saturated heterocycles. The van der Waals surface area contributed by atoms with Crippen molar-refractivity contribution in [2.24, 2.45) is 0 Å². The van der Waals surface area contributed by atoms with Crippen LogP contribution in [0, 0.1) is 0 Å². The van der Waals surface area contributed by atoms with Crippen LogP contribution >= 0.6 is 15.9 Å². The second-order valence-electron chi connectivity index (χ2n) is 2.86. The molecule has 5 heteroatoms. The average Bonchev–Trinajstić information content (AvgIpc) is 2.70. The maximum absolute atomic E-state index is 9.23. The third-order valence-electron chi connectivity index (χ3n) is 1.73. The van der Waals surface area contributed by atoms with Crippen LogP contribution in [0.4, 0.5) is 0 Å². The summed E-state index contributed by atoms with van der Waals surface area (Å²) in [7, 11) is 0. The van der Waals surface area contributed by atoms with Crippen LogP contribution in [0.3, 0.4) is 0 Å². The first-order chi connectivity index (χ1) is 6.66. The zero-order chi connectivity index (χ0) is 10.1. The Morgan fingerprint density at radius 2 is 2.29 bits per heavy atom. The van der Waals surface area contributed by atoms with E-state index in [-0.39, 0.29) is 0 Å². The molecule has 2 aromatic heterocycles. The molecule has 2 rings (SSSR count). The number of oxazole rings is 1. The van der Waals surface area contributed by atoms with Gasteiger partial charge >= 0.3 is 0 Å². The second kappa shape index (κ2) is 3.59. The lowest BCUT2D eigenvalue weighted by Gasteiger charge is -1.93. The van der Waals surface area contributed by atoms with E-state index >= 15 is 0 Å². The Balaban J connectivity index is 2.33. The molecular weight excluding hydrogens is 250 g/mol. The first kappa shape index (κ1) is 9.48. The van der Waals surface area contributed by atoms with Crippen LogP contribution in [0.15, 0.2) is 31.9 Å². The molecule has 0 fully saturated rings. The average molecular weight is 258 g/mol. The fourth-order valence-corrected chi connectivity index (χ4v) is 1.33. The fraction of sp³-hybridized carbons (Fsp3) is 0.222. The number of aliphatic hydroxyl groups is 1. The third-order valence-corrected chi connectivity index (χ3v) is 2.16. The molecule has 14 heavy (non-hydrogen) atoms. The Labute approximate surface area is 88.7 Å². The Hall–Kier alpha value is -1.07. The highest BCUT2D eigenvalue weighted by Gasteiger charge is 2.12. The van der Waals surface area contributed by atoms with Crippen molar-refractivity contribution in [3.05, 3.63) is 28.8 Å². The van der Waals surface area contributed by atoms with Gasteiger partial charge in [0, 0.05) is 0 Å². The Kier molecular flexibility index (Phi) is 2.43. The molecule has 2 heterocycles. The van der Waals surface area contributed by atoms with Crippen molar-refractivity contribution in [2.75, 3.05) is 0 Å². The number of aliphatic hydroxyl groups excluding tert-OH is 1. The number of hydrogen-bond acceptors (Lipinski definition) is 4. The van der Waals surface area contributed by atoms with Gasteiger partial charge in [0.1, 0.15) is 12.0 Å². The summed E-state index contributed by atoms with van der Waals surface area (Å²) in [5, 5.41) is 9.23. The number of hydrogen-bond donors (Lipinski definition) is 1. The normalized spacial score (nSPS) is 13.1. The number of halogens is 1. The molecule has 0 amide bonds. The fourth-order valence-electron chi connectivity index (χ4n) is 1.02. The van der Waals surface area contributed by atoms with Crippen LogP contribution in [0.1, 0.15) is 18.7 Å². The monoisotopic (exact) mass is 257 g/mol. The molecule has 0 saturated carbocycles. The standard InChI is InChI=1S/C9H8BrNO3/c1-5(12)6-4-13-9(11-6)7-2-3-8(10)14-7/h2-5,12H,1H3. The van der Waals surface area contributed by atoms with Crippen molar-refractivity contribution in [1.29, 1.82) is 0 Å². The van der Waals surface area contributed by atoms with Crippen molar-refractivity contribution in [3.63, 3.8) is 0 Å². The van der Waals surface area contributed by atoms with Crippen molar-refractivity contribution >= 4 is 15.9 Å². The quantitative estimate of drug-likeness (QED) is 0.899. The molecule has 1 atom stereocenters. The van der Waals surface area contributed by atoms with E-state index in [0.717, 1.165) is 0 Å². The van der Waals surface area contributed by atoms with E-state index in [1.165, 1.54) is 6.26 Å². The number of furan rings is 1. The first-order valence-corrected chi connectivity index (χ1v) is 4.85. The molecule has 74 valence electrons. The molecule has 4 nitrogen and oxygen atoms in total. The minimum atomic E-state index is -0.633. The topological polar surface area (TPSA) is 59.4 Å². The Morgan fingerprint density at radius 3 is 2.79 bits per heavy atom. The highest BCUT2D eigenvalue weighted by Crippen LogP contribution is 2.25. The van der Waals surface area contributed by atoms with E-state index < -0.39 is 6.10 Å². The number of aromatic nitrogens is 1. The van der Waals surface area contributed by atoms with E-state index in [0.29, 0.717) is 22.0 Å². The molecule has 0 aliphatic heterocycles. The summed E-state index contributed by atoms with van der Waals surface area (Å²) in [6.45, 7) is 1.62. The van der Waals surface area contributed by atoms with Gasteiger partial charge in [0.15, 0.2) is 10.4 Å². The second-order valence-corrected chi connectivity index (χ2v) is 3.64. The summed E-state index contributed by atoms with van der Waals surface area (Å²) in [5.41, 5.74) is 0.493. The Bertz CT molecular complexity index is 433. The van der Waals surface area contributed by atoms with Crippen LogP contribution in [-0.2, 0) is 0 Å². The van der Waals surface area contributed by atoms with E-state index in [1.54, 1.807) is 19.1 Å². The van der Waals surface area contributed by atoms with Gasteiger partial charge in [0.05, 0.1) is 6.10 Å². The first-order valence-electron chi connectivity index (χ1n) is 4.06. The minimum absolute atomic E-state index is 0.367. The van der Waals surface area contributed by atoms with Gasteiger partial charge in [0.25, 0.3) is 5.89 Å². The van der Waals surface area contributed by atoms with Gasteiger partial charge < -0.3 is 13.9 Å². The van der Waals surface area contributed by atoms with Crippen LogP contribution in [-0.4, -0.2) is 10.1 Å². The summed E-state index contributed by atoms with van der Waals surface area (Å²) in [4.78, 5) is 4.06. The van der Waals surface area contributed by atoms with Gasteiger partial charge in [-0.2, -0.15) is 0 Å². The third kappa shape index (κ3) is 1.73. The van der Waals surface area contributed by atoms with E-state index in [2.05, 4.69) is 20.9 Å². The predicted octanol–water partition coefficient (Wildman–Crippen LogP) is 2.75. The van der Waals surface area contributed by atoms with Crippen LogP contribution < -0.4 is 0 Å². The molecule has 0 aliphatic rings. The van der Waals surface area contributed by atoms with Crippen LogP contribution in [0.25, 0.3) is 11.7 Å². The summed E-state index contributed by atoms with van der Waals surface area (Å²) in [6, 6.07) is 3.49. The molecule has 1 unspecified atom stereocenters. The van der Waals surface area contributed by atoms with E-state index in [1.807, 2.05) is 0 Å². The van der Waals surface area contributed by atoms with E-state index in [4.69, 9.17) is 8.83 Å². The number of rotatable bonds is 2. The molecule has 0 radical (unpaired) electrons. The summed E-state index contributed by atoms with van der Waals surface area (Å²) >= 11 is 3.18. The number of nitrogens with zero attached hydrogens (tertiary/aromatic N) is 1. The van der Waals surface area contributed by atoms with Gasteiger partial charge in [-0.3, -0.25) is 0 Å². The molecule has 0 spiro atoms. The van der Waals surface area contributed by atoms with Gasteiger partial charge in [-0.15, -0.1) is 0 Å². The largest absolute Gasteiger partial charge is 0.444 e. The van der Waals surface area contributed by atoms with Gasteiger partial charge in [-0.25, -0.2) is 4.98 Å².